The van der Waals surface area contributed by atoms with Crippen LogP contribution >= 0.6 is 0 Å². The Kier molecular flexibility index (Phi) is 6.70. The Bertz CT molecular complexity index is 855. The molecule has 0 saturated heterocycles. The maximum Gasteiger partial charge on any atom is 0.315 e. The van der Waals surface area contributed by atoms with Crippen LogP contribution in [0.1, 0.15) is 5.56 Å². The number of hydrogen-bond donors (Lipinski definition) is 2. The topological polar surface area (TPSA) is 157 Å². The van der Waals surface area contributed by atoms with Gasteiger partial charge >= 0.3 is 5.69 Å². The van der Waals surface area contributed by atoms with Crippen LogP contribution < -0.4 is 4.74 Å². The Balaban J connectivity index is 3.42. The van der Waals surface area contributed by atoms with Gasteiger partial charge in [-0.05, 0) is 6.07 Å². The molecule has 0 aliphatic heterocycles. The summed E-state index contributed by atoms with van der Waals surface area (Å²) in [6.07, 6.45) is 0. The average Bonchev–Trinajstić information content (AvgIpc) is 2.61. The van der Waals surface area contributed by atoms with Crippen molar-refractivity contribution in [2.24, 2.45) is 0 Å². The molecule has 1 aromatic rings. The van der Waals surface area contributed by atoms with E-state index in [1.54, 1.807) is 0 Å². The lowest BCUT2D eigenvalue weighted by atomic mass is 10.1. The fraction of sp³-hybridized carbons (Fsp3) is 0.312. The molecule has 0 aliphatic rings. The third-order valence-electron chi connectivity index (χ3n) is 3.53. The third kappa shape index (κ3) is 4.63. The van der Waals surface area contributed by atoms with Gasteiger partial charge in [0.2, 0.25) is 11.7 Å². The number of amides is 2. The van der Waals surface area contributed by atoms with E-state index < -0.39 is 39.5 Å². The quantitative estimate of drug-likeness (QED) is 0.240. The lowest BCUT2D eigenvalue weighted by Gasteiger charge is -2.19. The number of carbonyl (C=O) groups excluding carboxylic acids is 2. The molecule has 144 valence electrons. The maximum absolute atomic E-state index is 12.4. The summed E-state index contributed by atoms with van der Waals surface area (Å²) in [6, 6.07) is 3.35. The zero-order valence-corrected chi connectivity index (χ0v) is 15.1. The van der Waals surface area contributed by atoms with Crippen LogP contribution in [0.4, 0.5) is 5.69 Å². The number of hydrogen-bond acceptors (Lipinski definition) is 8. The molecule has 27 heavy (non-hydrogen) atoms. The molecule has 0 atom stereocenters. The number of nitriles is 1. The van der Waals surface area contributed by atoms with E-state index in [4.69, 9.17) is 4.74 Å². The number of nitro groups is 1. The zero-order valence-electron chi connectivity index (χ0n) is 15.1. The van der Waals surface area contributed by atoms with E-state index in [9.17, 15) is 35.2 Å². The van der Waals surface area contributed by atoms with E-state index >= 15 is 0 Å². The second-order valence-corrected chi connectivity index (χ2v) is 5.59. The first kappa shape index (κ1) is 21.2. The van der Waals surface area contributed by atoms with Gasteiger partial charge in [0.05, 0.1) is 18.6 Å². The monoisotopic (exact) mass is 378 g/mol. The van der Waals surface area contributed by atoms with E-state index in [0.717, 1.165) is 24.1 Å². The van der Waals surface area contributed by atoms with Crippen LogP contribution in [0.2, 0.25) is 0 Å². The molecule has 2 N–H and O–H groups in total. The van der Waals surface area contributed by atoms with Gasteiger partial charge in [-0.3, -0.25) is 19.7 Å². The lowest BCUT2D eigenvalue weighted by molar-refractivity contribution is -0.386. The molecule has 11 nitrogen and oxygen atoms in total. The molecule has 11 heteroatoms. The molecule has 0 fully saturated rings. The molecule has 0 unspecified atom stereocenters. The van der Waals surface area contributed by atoms with Crippen LogP contribution in [0.15, 0.2) is 17.7 Å². The van der Waals surface area contributed by atoms with E-state index in [-0.39, 0.29) is 17.9 Å². The first-order valence-electron chi connectivity index (χ1n) is 7.39. The van der Waals surface area contributed by atoms with Gasteiger partial charge in [0, 0.05) is 32.8 Å². The highest BCUT2D eigenvalue weighted by atomic mass is 16.6. The number of methoxy groups -OCH3 is 1. The standard InChI is InChI=1S/C16H18N4O7/c1-18(2)13(21)8-19(3)16(24)10(7-17)14(22)9-5-11(20(25)26)15(23)12(6-9)27-4/h5-6,22-23H,8H2,1-4H3/b14-10-. The Morgan fingerprint density at radius 3 is 2.37 bits per heavy atom. The fourth-order valence-electron chi connectivity index (χ4n) is 1.98. The number of likely N-dealkylation sites (N-methyl/N-ethyl adjacent to an activating group) is 2. The maximum atomic E-state index is 12.4. The molecule has 0 radical (unpaired) electrons. The molecule has 0 saturated carbocycles. The average molecular weight is 378 g/mol. The normalized spacial score (nSPS) is 11.1. The van der Waals surface area contributed by atoms with Crippen molar-refractivity contribution < 1.29 is 29.5 Å². The van der Waals surface area contributed by atoms with E-state index in [1.807, 2.05) is 0 Å². The van der Waals surface area contributed by atoms with Crippen LogP contribution in [-0.2, 0) is 9.59 Å². The van der Waals surface area contributed by atoms with Gasteiger partial charge in [0.15, 0.2) is 11.3 Å². The molecule has 1 rings (SSSR count). The van der Waals surface area contributed by atoms with E-state index in [2.05, 4.69) is 0 Å². The largest absolute Gasteiger partial charge is 0.506 e. The Labute approximate surface area is 154 Å². The smallest absolute Gasteiger partial charge is 0.315 e. The van der Waals surface area contributed by atoms with Gasteiger partial charge in [-0.2, -0.15) is 5.26 Å². The lowest BCUT2D eigenvalue weighted by Crippen LogP contribution is -2.38. The van der Waals surface area contributed by atoms with Gasteiger partial charge in [0.25, 0.3) is 5.91 Å². The van der Waals surface area contributed by atoms with Crippen molar-refractivity contribution in [3.05, 3.63) is 33.4 Å². The number of ether oxygens (including phenoxy) is 1. The predicted octanol–water partition coefficient (Wildman–Crippen LogP) is 0.648. The Morgan fingerprint density at radius 1 is 1.33 bits per heavy atom. The van der Waals surface area contributed by atoms with Crippen LogP contribution in [-0.4, -0.2) is 71.5 Å². The summed E-state index contributed by atoms with van der Waals surface area (Å²) in [5.41, 5.74) is -1.79. The second-order valence-electron chi connectivity index (χ2n) is 5.59. The summed E-state index contributed by atoms with van der Waals surface area (Å²) in [6.45, 7) is -0.344. The number of rotatable bonds is 6. The van der Waals surface area contributed by atoms with Gasteiger partial charge in [0.1, 0.15) is 11.8 Å². The molecule has 0 heterocycles. The highest BCUT2D eigenvalue weighted by Gasteiger charge is 2.26. The molecule has 1 aromatic carbocycles. The fourth-order valence-corrected chi connectivity index (χ4v) is 1.98. The van der Waals surface area contributed by atoms with Crippen molar-refractivity contribution >= 4 is 23.3 Å². The second kappa shape index (κ2) is 8.52. The highest BCUT2D eigenvalue weighted by molar-refractivity contribution is 6.04. The molecule has 0 spiro atoms. The molecular formula is C16H18N4O7. The first-order chi connectivity index (χ1) is 12.5. The van der Waals surface area contributed by atoms with Crippen molar-refractivity contribution in [1.82, 2.24) is 9.80 Å². The van der Waals surface area contributed by atoms with Gasteiger partial charge in [-0.25, -0.2) is 0 Å². The molecule has 0 aromatic heterocycles. The van der Waals surface area contributed by atoms with Crippen molar-refractivity contribution in [2.45, 2.75) is 0 Å². The van der Waals surface area contributed by atoms with Gasteiger partial charge < -0.3 is 24.7 Å². The number of aliphatic hydroxyl groups excluding tert-OH is 1. The van der Waals surface area contributed by atoms with Crippen LogP contribution in [0.3, 0.4) is 0 Å². The number of phenols is 1. The summed E-state index contributed by atoms with van der Waals surface area (Å²) in [5, 5.41) is 40.4. The van der Waals surface area contributed by atoms with Gasteiger partial charge in [-0.1, -0.05) is 0 Å². The van der Waals surface area contributed by atoms with E-state index in [0.29, 0.717) is 0 Å². The third-order valence-corrected chi connectivity index (χ3v) is 3.53. The summed E-state index contributed by atoms with van der Waals surface area (Å²) in [7, 11) is 5.37. The SMILES string of the molecule is COc1cc(/C(O)=C(\C#N)C(=O)N(C)CC(=O)N(C)C)cc([N+](=O)[O-])c1O. The Morgan fingerprint density at radius 2 is 1.93 bits per heavy atom. The molecule has 0 aliphatic carbocycles. The summed E-state index contributed by atoms with van der Waals surface area (Å²) in [5.74, 6) is -3.32. The number of nitrogens with zero attached hydrogens (tertiary/aromatic N) is 4. The van der Waals surface area contributed by atoms with Crippen LogP contribution in [0, 0.1) is 21.4 Å². The number of carbonyl (C=O) groups is 2. The number of aliphatic hydroxyl groups is 1. The zero-order chi connectivity index (χ0) is 20.9. The van der Waals surface area contributed by atoms with E-state index in [1.165, 1.54) is 32.1 Å². The molecule has 0 bridgehead atoms. The minimum absolute atomic E-state index is 0.284. The minimum atomic E-state index is -0.958. The number of aromatic hydroxyl groups is 1. The molecule has 2 amide bonds. The predicted molar refractivity (Wildman–Crippen MR) is 92.8 cm³/mol. The Hall–Kier alpha value is -3.81. The summed E-state index contributed by atoms with van der Waals surface area (Å²) < 4.78 is 4.81. The highest BCUT2D eigenvalue weighted by Crippen LogP contribution is 2.38. The number of phenolic OH excluding ortho intramolecular Hbond substituents is 1. The first-order valence-corrected chi connectivity index (χ1v) is 7.39. The molecular weight excluding hydrogens is 360 g/mol. The summed E-state index contributed by atoms with van der Waals surface area (Å²) >= 11 is 0. The van der Waals surface area contributed by atoms with Crippen LogP contribution in [0.25, 0.3) is 5.76 Å². The van der Waals surface area contributed by atoms with Gasteiger partial charge in [-0.15, -0.1) is 0 Å². The van der Waals surface area contributed by atoms with Crippen molar-refractivity contribution in [3.63, 3.8) is 0 Å². The van der Waals surface area contributed by atoms with Crippen molar-refractivity contribution in [3.8, 4) is 17.6 Å². The number of benzene rings is 1. The minimum Gasteiger partial charge on any atom is -0.506 e. The number of nitro benzene ring substituents is 1. The summed E-state index contributed by atoms with van der Waals surface area (Å²) in [4.78, 5) is 36.4. The van der Waals surface area contributed by atoms with Crippen LogP contribution in [0.5, 0.6) is 11.5 Å². The van der Waals surface area contributed by atoms with Crippen molar-refractivity contribution in [2.75, 3.05) is 34.8 Å². The van der Waals surface area contributed by atoms with Crippen molar-refractivity contribution in [1.29, 1.82) is 5.26 Å².